The van der Waals surface area contributed by atoms with E-state index in [1.54, 1.807) is 24.5 Å². The van der Waals surface area contributed by atoms with Crippen molar-refractivity contribution in [2.75, 3.05) is 26.3 Å². The molecule has 1 aliphatic carbocycles. The molecule has 10 nitrogen and oxygen atoms in total. The van der Waals surface area contributed by atoms with Crippen molar-refractivity contribution in [3.05, 3.63) is 82.8 Å². The largest absolute Gasteiger partial charge is 0.478 e. The monoisotopic (exact) mass is 566 g/mol. The zero-order valence-corrected chi connectivity index (χ0v) is 23.5. The molecule has 7 rings (SSSR count). The van der Waals surface area contributed by atoms with Crippen molar-refractivity contribution < 1.29 is 19.4 Å². The Hall–Kier alpha value is -4.15. The van der Waals surface area contributed by atoms with Crippen LogP contribution in [0.3, 0.4) is 0 Å². The Morgan fingerprint density at radius 3 is 2.71 bits per heavy atom. The summed E-state index contributed by atoms with van der Waals surface area (Å²) in [7, 11) is 0. The number of benzene rings is 1. The average Bonchev–Trinajstić information content (AvgIpc) is 3.34. The summed E-state index contributed by atoms with van der Waals surface area (Å²) in [4.78, 5) is 32.7. The van der Waals surface area contributed by atoms with Crippen LogP contribution in [0.15, 0.2) is 54.4 Å². The van der Waals surface area contributed by atoms with Crippen LogP contribution in [-0.4, -0.2) is 72.9 Å². The first kappa shape index (κ1) is 26.7. The lowest BCUT2D eigenvalue weighted by Crippen LogP contribution is -2.35. The maximum absolute atomic E-state index is 11.6. The summed E-state index contributed by atoms with van der Waals surface area (Å²) >= 11 is 0. The van der Waals surface area contributed by atoms with Crippen LogP contribution in [-0.2, 0) is 24.2 Å². The van der Waals surface area contributed by atoms with Crippen LogP contribution in [0.2, 0.25) is 0 Å². The first-order valence-electron chi connectivity index (χ1n) is 14.7. The van der Waals surface area contributed by atoms with Gasteiger partial charge in [0.05, 0.1) is 47.2 Å². The molecule has 0 spiro atoms. The van der Waals surface area contributed by atoms with Crippen molar-refractivity contribution in [2.45, 2.75) is 57.2 Å². The predicted molar refractivity (Wildman–Crippen MR) is 156 cm³/mol. The molecule has 2 saturated heterocycles. The first-order valence-corrected chi connectivity index (χ1v) is 14.7. The number of carbonyl (C=O) groups is 1. The number of imidazole rings is 1. The lowest BCUT2D eigenvalue weighted by atomic mass is 9.93. The number of nitrogens with zero attached hydrogens (tertiary/aromatic N) is 6. The maximum Gasteiger partial charge on any atom is 0.335 e. The molecule has 2 aliphatic heterocycles. The molecule has 0 saturated carbocycles. The van der Waals surface area contributed by atoms with E-state index in [0.29, 0.717) is 24.9 Å². The molecule has 10 heteroatoms. The van der Waals surface area contributed by atoms with Gasteiger partial charge in [-0.15, -0.1) is 0 Å². The van der Waals surface area contributed by atoms with Gasteiger partial charge in [-0.2, -0.15) is 0 Å². The molecule has 1 atom stereocenters. The number of aromatic nitrogens is 5. The summed E-state index contributed by atoms with van der Waals surface area (Å²) in [6, 6.07) is 11.2. The highest BCUT2D eigenvalue weighted by Gasteiger charge is 2.26. The van der Waals surface area contributed by atoms with E-state index in [9.17, 15) is 9.90 Å². The van der Waals surface area contributed by atoms with Gasteiger partial charge in [0, 0.05) is 36.7 Å². The lowest BCUT2D eigenvalue weighted by Gasteiger charge is -2.32. The Bertz CT molecular complexity index is 1640. The van der Waals surface area contributed by atoms with Crippen LogP contribution in [0.1, 0.15) is 64.9 Å². The Morgan fingerprint density at radius 1 is 1.05 bits per heavy atom. The fourth-order valence-electron chi connectivity index (χ4n) is 6.10. The van der Waals surface area contributed by atoms with Gasteiger partial charge in [0.15, 0.2) is 0 Å². The van der Waals surface area contributed by atoms with Crippen LogP contribution in [0.25, 0.3) is 17.1 Å². The second-order valence-electron chi connectivity index (χ2n) is 11.4. The fourth-order valence-corrected chi connectivity index (χ4v) is 6.10. The van der Waals surface area contributed by atoms with Gasteiger partial charge in [0.1, 0.15) is 12.4 Å². The average molecular weight is 567 g/mol. The molecule has 3 aliphatic rings. The highest BCUT2D eigenvalue weighted by atomic mass is 16.5. The van der Waals surface area contributed by atoms with Crippen molar-refractivity contribution in [1.29, 1.82) is 0 Å². The molecule has 1 N–H and O–H groups in total. The molecule has 2 fully saturated rings. The van der Waals surface area contributed by atoms with Crippen LogP contribution < -0.4 is 4.74 Å². The number of ether oxygens (including phenoxy) is 2. The van der Waals surface area contributed by atoms with Crippen molar-refractivity contribution in [2.24, 2.45) is 0 Å². The van der Waals surface area contributed by atoms with E-state index in [0.717, 1.165) is 92.3 Å². The predicted octanol–water partition coefficient (Wildman–Crippen LogP) is 4.50. The Morgan fingerprint density at radius 2 is 1.90 bits per heavy atom. The topological polar surface area (TPSA) is 115 Å². The molecule has 0 unspecified atom stereocenters. The van der Waals surface area contributed by atoms with Crippen LogP contribution in [0.5, 0.6) is 5.88 Å². The van der Waals surface area contributed by atoms with Gasteiger partial charge in [0.25, 0.3) is 0 Å². The zero-order valence-electron chi connectivity index (χ0n) is 23.5. The van der Waals surface area contributed by atoms with Gasteiger partial charge in [-0.3, -0.25) is 14.9 Å². The van der Waals surface area contributed by atoms with Crippen molar-refractivity contribution in [3.8, 4) is 5.88 Å². The third kappa shape index (κ3) is 5.64. The fraction of sp³-hybridized carbons (Fsp3) is 0.406. The third-order valence-electron chi connectivity index (χ3n) is 8.61. The molecular formula is C32H34N6O4. The molecule has 42 heavy (non-hydrogen) atoms. The number of aromatic carboxylic acids is 1. The minimum Gasteiger partial charge on any atom is -0.478 e. The van der Waals surface area contributed by atoms with E-state index in [4.69, 9.17) is 19.4 Å². The summed E-state index contributed by atoms with van der Waals surface area (Å²) < 4.78 is 14.0. The number of pyridine rings is 1. The van der Waals surface area contributed by atoms with Crippen LogP contribution in [0.4, 0.5) is 0 Å². The Kier molecular flexibility index (Phi) is 7.39. The van der Waals surface area contributed by atoms with E-state index in [1.807, 2.05) is 18.2 Å². The SMILES string of the molecule is O=C(O)c1ccc2nc(CN3CCC(c4cccc(OCC5=Cc6nccnc6CC5)n4)CC3)n(C[C@@H]3CCO3)c2c1. The summed E-state index contributed by atoms with van der Waals surface area (Å²) in [6.07, 6.45) is 10.5. The van der Waals surface area contributed by atoms with E-state index in [1.165, 1.54) is 5.57 Å². The van der Waals surface area contributed by atoms with Crippen molar-refractivity contribution in [1.82, 2.24) is 29.4 Å². The summed E-state index contributed by atoms with van der Waals surface area (Å²) in [6.45, 7) is 4.57. The van der Waals surface area contributed by atoms with Gasteiger partial charge < -0.3 is 19.1 Å². The number of hydrogen-bond donors (Lipinski definition) is 1. The van der Waals surface area contributed by atoms with Gasteiger partial charge in [-0.1, -0.05) is 6.07 Å². The molecule has 5 heterocycles. The van der Waals surface area contributed by atoms with Crippen LogP contribution >= 0.6 is 0 Å². The van der Waals surface area contributed by atoms with E-state index in [2.05, 4.69) is 31.6 Å². The smallest absolute Gasteiger partial charge is 0.335 e. The quantitative estimate of drug-likeness (QED) is 0.313. The maximum atomic E-state index is 11.6. The van der Waals surface area contributed by atoms with Gasteiger partial charge >= 0.3 is 5.97 Å². The molecule has 0 amide bonds. The Labute approximate surface area is 244 Å². The Balaban J connectivity index is 0.991. The minimum absolute atomic E-state index is 0.153. The number of rotatable bonds is 9. The number of aryl methyl sites for hydroxylation is 1. The molecule has 216 valence electrons. The van der Waals surface area contributed by atoms with E-state index in [-0.39, 0.29) is 11.7 Å². The summed E-state index contributed by atoms with van der Waals surface area (Å²) in [5.74, 6) is 1.07. The molecule has 4 aromatic rings. The molecular weight excluding hydrogens is 532 g/mol. The second kappa shape index (κ2) is 11.6. The van der Waals surface area contributed by atoms with Gasteiger partial charge in [-0.05, 0) is 81.1 Å². The number of carboxylic acid groups (broad SMARTS) is 1. The van der Waals surface area contributed by atoms with Crippen molar-refractivity contribution >= 4 is 23.1 Å². The third-order valence-corrected chi connectivity index (χ3v) is 8.61. The number of piperidine rings is 1. The van der Waals surface area contributed by atoms with Crippen molar-refractivity contribution in [3.63, 3.8) is 0 Å². The van der Waals surface area contributed by atoms with Gasteiger partial charge in [0.2, 0.25) is 5.88 Å². The minimum atomic E-state index is -0.928. The first-order chi connectivity index (χ1) is 20.6. The highest BCUT2D eigenvalue weighted by Crippen LogP contribution is 2.30. The van der Waals surface area contributed by atoms with E-state index >= 15 is 0 Å². The normalized spacial score (nSPS) is 19.2. The number of carboxylic acids is 1. The molecule has 0 bridgehead atoms. The summed E-state index contributed by atoms with van der Waals surface area (Å²) in [5, 5.41) is 9.52. The zero-order chi connectivity index (χ0) is 28.5. The van der Waals surface area contributed by atoms with Gasteiger partial charge in [-0.25, -0.2) is 14.8 Å². The van der Waals surface area contributed by atoms with E-state index < -0.39 is 5.97 Å². The molecule has 1 aromatic carbocycles. The second-order valence-corrected chi connectivity index (χ2v) is 11.4. The standard InChI is InChI=1S/C32H34N6O4/c39-32(40)23-5-7-27-29(17-23)38(18-24-10-15-41-24)30(35-27)19-37-13-8-22(9-14-37)25-2-1-3-31(36-25)42-20-21-4-6-26-28(16-21)34-12-11-33-26/h1-3,5,7,11-12,16-17,22,24H,4,6,8-10,13-15,18-20H2,(H,39,40)/t24-/m0/s1. The lowest BCUT2D eigenvalue weighted by molar-refractivity contribution is -0.0592. The number of likely N-dealkylation sites (tertiary alicyclic amines) is 1. The number of hydrogen-bond acceptors (Lipinski definition) is 8. The van der Waals surface area contributed by atoms with Crippen LogP contribution in [0, 0.1) is 0 Å². The molecule has 3 aromatic heterocycles. The summed E-state index contributed by atoms with van der Waals surface area (Å²) in [5.41, 5.74) is 6.23. The highest BCUT2D eigenvalue weighted by molar-refractivity contribution is 5.92. The molecule has 0 radical (unpaired) electrons. The number of fused-ring (bicyclic) bond motifs is 2.